The van der Waals surface area contributed by atoms with Crippen LogP contribution < -0.4 is 5.32 Å². The molecule has 0 bridgehead atoms. The van der Waals surface area contributed by atoms with Crippen molar-refractivity contribution in [3.8, 4) is 11.3 Å². The topological polar surface area (TPSA) is 85.4 Å². The summed E-state index contributed by atoms with van der Waals surface area (Å²) in [4.78, 5) is 22.6. The molecule has 7 heteroatoms. The molecule has 0 aliphatic heterocycles. The fourth-order valence-corrected chi connectivity index (χ4v) is 2.55. The van der Waals surface area contributed by atoms with E-state index in [2.05, 4.69) is 21.2 Å². The Bertz CT molecular complexity index is 920. The van der Waals surface area contributed by atoms with Crippen molar-refractivity contribution in [2.24, 2.45) is 0 Å². The van der Waals surface area contributed by atoms with Gasteiger partial charge in [-0.1, -0.05) is 34.1 Å². The molecule has 0 aliphatic carbocycles. The van der Waals surface area contributed by atoms with Crippen LogP contribution in [0.15, 0.2) is 69.6 Å². The van der Waals surface area contributed by atoms with Crippen LogP contribution in [0.4, 0.5) is 11.4 Å². The number of nitro benzene ring substituents is 1. The Morgan fingerprint density at radius 2 is 1.88 bits per heavy atom. The summed E-state index contributed by atoms with van der Waals surface area (Å²) in [5, 5.41) is 13.6. The fourth-order valence-electron chi connectivity index (χ4n) is 2.15. The van der Waals surface area contributed by atoms with Gasteiger partial charge in [0.1, 0.15) is 5.76 Å². The zero-order chi connectivity index (χ0) is 17.1. The first kappa shape index (κ1) is 15.9. The van der Waals surface area contributed by atoms with Crippen LogP contribution in [0.3, 0.4) is 0 Å². The Kier molecular flexibility index (Phi) is 4.43. The van der Waals surface area contributed by atoms with Gasteiger partial charge in [0.15, 0.2) is 5.76 Å². The summed E-state index contributed by atoms with van der Waals surface area (Å²) in [7, 11) is 0. The standard InChI is InChI=1S/C17H11BrN2O4/c18-12-4-2-5-13(10-12)19-17(21)16-8-7-15(24-16)11-3-1-6-14(9-11)20(22)23/h1-10H,(H,19,21). The van der Waals surface area contributed by atoms with Gasteiger partial charge in [-0.15, -0.1) is 0 Å². The third-order valence-electron chi connectivity index (χ3n) is 3.25. The SMILES string of the molecule is O=C(Nc1cccc(Br)c1)c1ccc(-c2cccc([N+](=O)[O-])c2)o1. The minimum absolute atomic E-state index is 0.0379. The van der Waals surface area contributed by atoms with Gasteiger partial charge in [0.2, 0.25) is 0 Å². The molecule has 0 saturated heterocycles. The maximum atomic E-state index is 12.2. The van der Waals surface area contributed by atoms with E-state index in [1.165, 1.54) is 18.2 Å². The van der Waals surface area contributed by atoms with Crippen LogP contribution in [-0.4, -0.2) is 10.8 Å². The number of halogens is 1. The normalized spacial score (nSPS) is 10.4. The van der Waals surface area contributed by atoms with Crippen molar-refractivity contribution in [1.29, 1.82) is 0 Å². The van der Waals surface area contributed by atoms with E-state index in [1.807, 2.05) is 6.07 Å². The van der Waals surface area contributed by atoms with Crippen molar-refractivity contribution in [3.05, 3.63) is 81.0 Å². The molecule has 0 radical (unpaired) electrons. The molecule has 0 aliphatic rings. The Morgan fingerprint density at radius 3 is 2.62 bits per heavy atom. The number of furan rings is 1. The minimum Gasteiger partial charge on any atom is -0.451 e. The van der Waals surface area contributed by atoms with Gasteiger partial charge in [-0.25, -0.2) is 0 Å². The van der Waals surface area contributed by atoms with Crippen LogP contribution in [0, 0.1) is 10.1 Å². The quantitative estimate of drug-likeness (QED) is 0.511. The maximum Gasteiger partial charge on any atom is 0.291 e. The van der Waals surface area contributed by atoms with Crippen LogP contribution in [0.1, 0.15) is 10.6 Å². The molecule has 6 nitrogen and oxygen atoms in total. The minimum atomic E-state index is -0.479. The second-order valence-electron chi connectivity index (χ2n) is 4.94. The van der Waals surface area contributed by atoms with Gasteiger partial charge in [0.05, 0.1) is 4.92 Å². The molecule has 2 aromatic carbocycles. The smallest absolute Gasteiger partial charge is 0.291 e. The number of non-ortho nitro benzene ring substituents is 1. The van der Waals surface area contributed by atoms with E-state index < -0.39 is 10.8 Å². The van der Waals surface area contributed by atoms with E-state index in [-0.39, 0.29) is 11.4 Å². The number of amides is 1. The summed E-state index contributed by atoms with van der Waals surface area (Å²) in [6.07, 6.45) is 0. The summed E-state index contributed by atoms with van der Waals surface area (Å²) in [6, 6.07) is 16.4. The summed E-state index contributed by atoms with van der Waals surface area (Å²) >= 11 is 3.33. The van der Waals surface area contributed by atoms with Crippen molar-refractivity contribution in [1.82, 2.24) is 0 Å². The summed E-state index contributed by atoms with van der Waals surface area (Å²) in [5.74, 6) is 0.111. The molecule has 0 saturated carbocycles. The molecular weight excluding hydrogens is 376 g/mol. The lowest BCUT2D eigenvalue weighted by molar-refractivity contribution is -0.384. The number of nitrogens with one attached hydrogen (secondary N) is 1. The number of carbonyl (C=O) groups is 1. The maximum absolute atomic E-state index is 12.2. The monoisotopic (exact) mass is 386 g/mol. The van der Waals surface area contributed by atoms with Crippen molar-refractivity contribution < 1.29 is 14.1 Å². The highest BCUT2D eigenvalue weighted by Crippen LogP contribution is 2.26. The fraction of sp³-hybridized carbons (Fsp3) is 0. The van der Waals surface area contributed by atoms with Crippen LogP contribution in [0.2, 0.25) is 0 Å². The summed E-state index contributed by atoms with van der Waals surface area (Å²) in [6.45, 7) is 0. The number of nitrogens with zero attached hydrogens (tertiary/aromatic N) is 1. The molecule has 120 valence electrons. The van der Waals surface area contributed by atoms with Crippen LogP contribution in [0.5, 0.6) is 0 Å². The summed E-state index contributed by atoms with van der Waals surface area (Å²) in [5.41, 5.74) is 1.12. The first-order valence-electron chi connectivity index (χ1n) is 6.94. The van der Waals surface area contributed by atoms with Crippen molar-refractivity contribution in [2.45, 2.75) is 0 Å². The molecule has 1 N–H and O–H groups in total. The number of benzene rings is 2. The number of carbonyl (C=O) groups excluding carboxylic acids is 1. The van der Waals surface area contributed by atoms with Crippen molar-refractivity contribution in [2.75, 3.05) is 5.32 Å². The molecule has 1 aromatic heterocycles. The lowest BCUT2D eigenvalue weighted by Gasteiger charge is -2.03. The third-order valence-corrected chi connectivity index (χ3v) is 3.75. The number of anilines is 1. The molecule has 0 unspecified atom stereocenters. The predicted molar refractivity (Wildman–Crippen MR) is 92.9 cm³/mol. The van der Waals surface area contributed by atoms with Gasteiger partial charge in [0, 0.05) is 27.9 Å². The van der Waals surface area contributed by atoms with E-state index in [0.29, 0.717) is 17.0 Å². The number of hydrogen-bond acceptors (Lipinski definition) is 4. The third kappa shape index (κ3) is 3.52. The van der Waals surface area contributed by atoms with Gasteiger partial charge in [-0.3, -0.25) is 14.9 Å². The molecule has 3 rings (SSSR count). The molecule has 0 atom stereocenters. The van der Waals surface area contributed by atoms with E-state index in [4.69, 9.17) is 4.42 Å². The van der Waals surface area contributed by atoms with E-state index >= 15 is 0 Å². The Labute approximate surface area is 145 Å². The Hall–Kier alpha value is -2.93. The van der Waals surface area contributed by atoms with Crippen molar-refractivity contribution >= 4 is 33.2 Å². The zero-order valence-electron chi connectivity index (χ0n) is 12.2. The molecule has 1 amide bonds. The average molecular weight is 387 g/mol. The second kappa shape index (κ2) is 6.67. The first-order valence-corrected chi connectivity index (χ1v) is 7.74. The van der Waals surface area contributed by atoms with Crippen molar-refractivity contribution in [3.63, 3.8) is 0 Å². The average Bonchev–Trinajstić information content (AvgIpc) is 3.05. The zero-order valence-corrected chi connectivity index (χ0v) is 13.8. The van der Waals surface area contributed by atoms with Gasteiger partial charge in [0.25, 0.3) is 11.6 Å². The second-order valence-corrected chi connectivity index (χ2v) is 5.85. The van der Waals surface area contributed by atoms with Crippen LogP contribution in [-0.2, 0) is 0 Å². The number of hydrogen-bond donors (Lipinski definition) is 1. The molecule has 1 heterocycles. The van der Waals surface area contributed by atoms with Gasteiger partial charge in [-0.05, 0) is 30.3 Å². The highest BCUT2D eigenvalue weighted by molar-refractivity contribution is 9.10. The van der Waals surface area contributed by atoms with E-state index in [0.717, 1.165) is 4.47 Å². The lowest BCUT2D eigenvalue weighted by atomic mass is 10.1. The van der Waals surface area contributed by atoms with Gasteiger partial charge in [-0.2, -0.15) is 0 Å². The highest BCUT2D eigenvalue weighted by atomic mass is 79.9. The largest absolute Gasteiger partial charge is 0.451 e. The molecular formula is C17H11BrN2O4. The van der Waals surface area contributed by atoms with Crippen LogP contribution in [0.25, 0.3) is 11.3 Å². The lowest BCUT2D eigenvalue weighted by Crippen LogP contribution is -2.10. The number of rotatable bonds is 4. The molecule has 3 aromatic rings. The molecule has 0 fully saturated rings. The highest BCUT2D eigenvalue weighted by Gasteiger charge is 2.14. The van der Waals surface area contributed by atoms with Gasteiger partial charge < -0.3 is 9.73 Å². The van der Waals surface area contributed by atoms with Gasteiger partial charge >= 0.3 is 0 Å². The molecule has 0 spiro atoms. The van der Waals surface area contributed by atoms with E-state index in [1.54, 1.807) is 36.4 Å². The van der Waals surface area contributed by atoms with E-state index in [9.17, 15) is 14.9 Å². The molecule has 24 heavy (non-hydrogen) atoms. The number of nitro groups is 1. The Balaban J connectivity index is 1.81. The summed E-state index contributed by atoms with van der Waals surface area (Å²) < 4.78 is 6.37. The first-order chi connectivity index (χ1) is 11.5. The predicted octanol–water partition coefficient (Wildman–Crippen LogP) is 4.87. The Morgan fingerprint density at radius 1 is 1.08 bits per heavy atom. The van der Waals surface area contributed by atoms with Crippen LogP contribution >= 0.6 is 15.9 Å².